The van der Waals surface area contributed by atoms with Crippen LogP contribution in [-0.2, 0) is 0 Å². The average Bonchev–Trinajstić information content (AvgIpc) is 1.65. The third-order valence-electron chi connectivity index (χ3n) is 0.696. The Kier molecular flexibility index (Phi) is 2.95. The predicted octanol–water partition coefficient (Wildman–Crippen LogP) is -0.617. The smallest absolute Gasteiger partial charge is 0.314 e. The van der Waals surface area contributed by atoms with Gasteiger partial charge in [-0.25, -0.2) is 4.79 Å². The van der Waals surface area contributed by atoms with Crippen LogP contribution in [0.15, 0.2) is 0 Å². The Bertz CT molecular complexity index is 84.1. The van der Waals surface area contributed by atoms with E-state index in [-0.39, 0.29) is 0 Å². The second kappa shape index (κ2) is 3.26. The first kappa shape index (κ1) is 7.23. The van der Waals surface area contributed by atoms with Crippen LogP contribution < -0.4 is 11.1 Å². The summed E-state index contributed by atoms with van der Waals surface area (Å²) in [6, 6.07) is -0.695. The summed E-state index contributed by atoms with van der Waals surface area (Å²) < 4.78 is 0. The highest BCUT2D eigenvalue weighted by Gasteiger charge is 1.99. The summed E-state index contributed by atoms with van der Waals surface area (Å²) >= 11 is 0. The molecule has 0 aliphatic carbocycles. The molecule has 2 amide bonds. The van der Waals surface area contributed by atoms with Gasteiger partial charge in [0.25, 0.3) is 0 Å². The average molecular weight is 118 g/mol. The molecule has 0 aliphatic rings. The molecular formula is C4H10N2O2. The maximum absolute atomic E-state index is 9.92. The van der Waals surface area contributed by atoms with Crippen LogP contribution in [0.4, 0.5) is 4.79 Å². The second-order valence-corrected chi connectivity index (χ2v) is 1.43. The first-order valence-electron chi connectivity index (χ1n) is 2.41. The number of rotatable bonds is 2. The van der Waals surface area contributed by atoms with Gasteiger partial charge in [-0.05, 0) is 6.42 Å². The van der Waals surface area contributed by atoms with E-state index in [4.69, 9.17) is 5.11 Å². The minimum absolute atomic E-state index is 0.475. The van der Waals surface area contributed by atoms with E-state index in [0.29, 0.717) is 6.42 Å². The lowest BCUT2D eigenvalue weighted by Crippen LogP contribution is -2.37. The third kappa shape index (κ3) is 3.42. The molecule has 0 heterocycles. The van der Waals surface area contributed by atoms with Crippen molar-refractivity contribution >= 4 is 6.03 Å². The second-order valence-electron chi connectivity index (χ2n) is 1.43. The van der Waals surface area contributed by atoms with E-state index in [1.54, 1.807) is 6.92 Å². The van der Waals surface area contributed by atoms with Crippen molar-refractivity contribution in [3.8, 4) is 0 Å². The Morgan fingerprint density at radius 2 is 2.50 bits per heavy atom. The molecule has 0 saturated heterocycles. The fourth-order valence-electron chi connectivity index (χ4n) is 0.266. The molecule has 4 heteroatoms. The molecule has 48 valence electrons. The Labute approximate surface area is 47.7 Å². The van der Waals surface area contributed by atoms with Crippen LogP contribution in [0, 0.1) is 0 Å². The lowest BCUT2D eigenvalue weighted by atomic mass is 10.4. The molecule has 0 aliphatic heterocycles. The molecule has 0 aromatic carbocycles. The SMILES string of the molecule is CCC(O)NC(N)=O. The quantitative estimate of drug-likeness (QED) is 0.423. The molecule has 0 rings (SSSR count). The first-order valence-corrected chi connectivity index (χ1v) is 2.41. The number of primary amides is 1. The normalized spacial score (nSPS) is 12.8. The molecule has 0 fully saturated rings. The van der Waals surface area contributed by atoms with Crippen molar-refractivity contribution in [2.24, 2.45) is 5.73 Å². The molecule has 8 heavy (non-hydrogen) atoms. The van der Waals surface area contributed by atoms with Crippen LogP contribution in [-0.4, -0.2) is 17.4 Å². The highest BCUT2D eigenvalue weighted by molar-refractivity contribution is 5.71. The van der Waals surface area contributed by atoms with Crippen molar-refractivity contribution in [1.29, 1.82) is 0 Å². The highest BCUT2D eigenvalue weighted by atomic mass is 16.3. The summed E-state index contributed by atoms with van der Waals surface area (Å²) in [5.74, 6) is 0. The third-order valence-corrected chi connectivity index (χ3v) is 0.696. The lowest BCUT2D eigenvalue weighted by Gasteiger charge is -2.05. The van der Waals surface area contributed by atoms with Crippen LogP contribution in [0.3, 0.4) is 0 Å². The largest absolute Gasteiger partial charge is 0.374 e. The van der Waals surface area contributed by atoms with Crippen molar-refractivity contribution in [2.45, 2.75) is 19.6 Å². The predicted molar refractivity (Wildman–Crippen MR) is 29.0 cm³/mol. The molecular weight excluding hydrogens is 108 g/mol. The van der Waals surface area contributed by atoms with Gasteiger partial charge in [0, 0.05) is 0 Å². The van der Waals surface area contributed by atoms with E-state index in [2.05, 4.69) is 11.1 Å². The van der Waals surface area contributed by atoms with E-state index in [0.717, 1.165) is 0 Å². The molecule has 0 aromatic heterocycles. The molecule has 4 N–H and O–H groups in total. The molecule has 0 bridgehead atoms. The number of urea groups is 1. The van der Waals surface area contributed by atoms with Crippen LogP contribution in [0.25, 0.3) is 0 Å². The van der Waals surface area contributed by atoms with E-state index >= 15 is 0 Å². The van der Waals surface area contributed by atoms with Gasteiger partial charge in [-0.1, -0.05) is 6.92 Å². The summed E-state index contributed by atoms with van der Waals surface area (Å²) in [5.41, 5.74) is 4.66. The maximum atomic E-state index is 9.92. The van der Waals surface area contributed by atoms with Gasteiger partial charge < -0.3 is 16.2 Å². The van der Waals surface area contributed by atoms with E-state index in [1.165, 1.54) is 0 Å². The Morgan fingerprint density at radius 1 is 2.00 bits per heavy atom. The monoisotopic (exact) mass is 118 g/mol. The van der Waals surface area contributed by atoms with E-state index in [1.807, 2.05) is 0 Å². The molecule has 0 spiro atoms. The van der Waals surface area contributed by atoms with Gasteiger partial charge in [-0.2, -0.15) is 0 Å². The molecule has 0 saturated carbocycles. The lowest BCUT2D eigenvalue weighted by molar-refractivity contribution is 0.140. The summed E-state index contributed by atoms with van der Waals surface area (Å²) in [7, 11) is 0. The molecule has 4 nitrogen and oxygen atoms in total. The number of nitrogens with one attached hydrogen (secondary N) is 1. The number of hydrogen-bond donors (Lipinski definition) is 3. The number of carbonyl (C=O) groups excluding carboxylic acids is 1. The van der Waals surface area contributed by atoms with E-state index < -0.39 is 12.3 Å². The maximum Gasteiger partial charge on any atom is 0.314 e. The summed E-state index contributed by atoms with van der Waals surface area (Å²) in [5, 5.41) is 10.7. The van der Waals surface area contributed by atoms with Crippen LogP contribution in [0.5, 0.6) is 0 Å². The van der Waals surface area contributed by atoms with Crippen LogP contribution in [0.2, 0.25) is 0 Å². The summed E-state index contributed by atoms with van der Waals surface area (Å²) in [6.45, 7) is 1.74. The molecule has 1 unspecified atom stereocenters. The number of hydrogen-bond acceptors (Lipinski definition) is 2. The fourth-order valence-corrected chi connectivity index (χ4v) is 0.266. The van der Waals surface area contributed by atoms with Gasteiger partial charge in [0.15, 0.2) is 0 Å². The topological polar surface area (TPSA) is 75.3 Å². The van der Waals surface area contributed by atoms with Crippen molar-refractivity contribution in [3.63, 3.8) is 0 Å². The number of carbonyl (C=O) groups is 1. The van der Waals surface area contributed by atoms with Gasteiger partial charge in [-0.15, -0.1) is 0 Å². The van der Waals surface area contributed by atoms with Crippen molar-refractivity contribution in [3.05, 3.63) is 0 Å². The fraction of sp³-hybridized carbons (Fsp3) is 0.750. The number of amides is 2. The minimum atomic E-state index is -0.799. The minimum Gasteiger partial charge on any atom is -0.374 e. The zero-order valence-electron chi connectivity index (χ0n) is 4.72. The first-order chi connectivity index (χ1) is 3.66. The Balaban J connectivity index is 3.24. The van der Waals surface area contributed by atoms with Crippen molar-refractivity contribution in [1.82, 2.24) is 5.32 Å². The van der Waals surface area contributed by atoms with E-state index in [9.17, 15) is 4.79 Å². The highest BCUT2D eigenvalue weighted by Crippen LogP contribution is 1.80. The van der Waals surface area contributed by atoms with Crippen LogP contribution in [0.1, 0.15) is 13.3 Å². The van der Waals surface area contributed by atoms with Gasteiger partial charge in [-0.3, -0.25) is 0 Å². The number of aliphatic hydroxyl groups is 1. The zero-order chi connectivity index (χ0) is 6.57. The van der Waals surface area contributed by atoms with Gasteiger partial charge >= 0.3 is 6.03 Å². The van der Waals surface area contributed by atoms with Crippen molar-refractivity contribution in [2.75, 3.05) is 0 Å². The summed E-state index contributed by atoms with van der Waals surface area (Å²) in [4.78, 5) is 9.92. The molecule has 0 aromatic rings. The van der Waals surface area contributed by atoms with Gasteiger partial charge in [0.05, 0.1) is 0 Å². The Morgan fingerprint density at radius 3 is 2.62 bits per heavy atom. The summed E-state index contributed by atoms with van der Waals surface area (Å²) in [6.07, 6.45) is -0.323. The number of nitrogens with two attached hydrogens (primary N) is 1. The Hall–Kier alpha value is -0.770. The standard InChI is InChI=1S/C4H10N2O2/c1-2-3(7)6-4(5)8/h3,7H,2H2,1H3,(H3,5,6,8). The molecule has 1 atom stereocenters. The van der Waals surface area contributed by atoms with Crippen molar-refractivity contribution < 1.29 is 9.90 Å². The number of aliphatic hydroxyl groups excluding tert-OH is 1. The van der Waals surface area contributed by atoms with Crippen LogP contribution >= 0.6 is 0 Å². The molecule has 0 radical (unpaired) electrons. The zero-order valence-corrected chi connectivity index (χ0v) is 4.72. The van der Waals surface area contributed by atoms with Gasteiger partial charge in [0.2, 0.25) is 0 Å². The van der Waals surface area contributed by atoms with Gasteiger partial charge in [0.1, 0.15) is 6.23 Å².